The summed E-state index contributed by atoms with van der Waals surface area (Å²) in [6, 6.07) is 12.2. The lowest BCUT2D eigenvalue weighted by Crippen LogP contribution is -2.10. The zero-order valence-corrected chi connectivity index (χ0v) is 12.0. The number of benzene rings is 1. The molecule has 3 aromatic rings. The van der Waals surface area contributed by atoms with Gasteiger partial charge in [0.25, 0.3) is 0 Å². The molecule has 2 N–H and O–H groups in total. The summed E-state index contributed by atoms with van der Waals surface area (Å²) in [5.74, 6) is 0.880. The number of aryl methyl sites for hydroxylation is 2. The first-order chi connectivity index (χ1) is 9.20. The fourth-order valence-electron chi connectivity index (χ4n) is 2.37. The van der Waals surface area contributed by atoms with Crippen molar-refractivity contribution in [1.82, 2.24) is 0 Å². The molecule has 2 heterocycles. The number of rotatable bonds is 3. The van der Waals surface area contributed by atoms with Crippen LogP contribution in [0.25, 0.3) is 11.0 Å². The number of thiophene rings is 1. The summed E-state index contributed by atoms with van der Waals surface area (Å²) in [4.78, 5) is 2.53. The summed E-state index contributed by atoms with van der Waals surface area (Å²) >= 11 is 1.77. The summed E-state index contributed by atoms with van der Waals surface area (Å²) in [7, 11) is 0. The van der Waals surface area contributed by atoms with Crippen LogP contribution in [0.4, 0.5) is 0 Å². The third-order valence-corrected chi connectivity index (χ3v) is 4.81. The Bertz CT molecular complexity index is 710. The van der Waals surface area contributed by atoms with Crippen molar-refractivity contribution in [2.24, 2.45) is 5.73 Å². The van der Waals surface area contributed by atoms with E-state index in [-0.39, 0.29) is 6.04 Å². The molecule has 3 heteroatoms. The van der Waals surface area contributed by atoms with Gasteiger partial charge in [0.15, 0.2) is 0 Å². The first kappa shape index (κ1) is 12.5. The second-order valence-electron chi connectivity index (χ2n) is 4.72. The van der Waals surface area contributed by atoms with E-state index in [0.717, 1.165) is 28.7 Å². The quantitative estimate of drug-likeness (QED) is 0.766. The lowest BCUT2D eigenvalue weighted by atomic mass is 10.1. The van der Waals surface area contributed by atoms with Crippen molar-refractivity contribution in [3.05, 3.63) is 57.5 Å². The normalized spacial score (nSPS) is 13.0. The molecule has 0 saturated heterocycles. The Morgan fingerprint density at radius 3 is 2.68 bits per heavy atom. The van der Waals surface area contributed by atoms with Crippen molar-refractivity contribution in [1.29, 1.82) is 0 Å². The van der Waals surface area contributed by atoms with Crippen molar-refractivity contribution in [2.75, 3.05) is 0 Å². The van der Waals surface area contributed by atoms with E-state index in [1.54, 1.807) is 11.3 Å². The van der Waals surface area contributed by atoms with Crippen LogP contribution in [-0.2, 0) is 6.42 Å². The molecule has 98 valence electrons. The van der Waals surface area contributed by atoms with Crippen LogP contribution in [0.15, 0.2) is 40.8 Å². The van der Waals surface area contributed by atoms with Crippen LogP contribution in [0.2, 0.25) is 0 Å². The van der Waals surface area contributed by atoms with E-state index in [2.05, 4.69) is 32.0 Å². The van der Waals surface area contributed by atoms with E-state index < -0.39 is 0 Å². The molecule has 1 aromatic carbocycles. The van der Waals surface area contributed by atoms with E-state index in [4.69, 9.17) is 10.2 Å². The third-order valence-electron chi connectivity index (χ3n) is 3.50. The first-order valence-corrected chi connectivity index (χ1v) is 7.34. The average Bonchev–Trinajstić information content (AvgIpc) is 3.04. The molecule has 1 atom stereocenters. The Balaban J connectivity index is 2.05. The van der Waals surface area contributed by atoms with E-state index in [1.807, 2.05) is 18.2 Å². The van der Waals surface area contributed by atoms with Crippen molar-refractivity contribution in [3.8, 4) is 0 Å². The number of hydrogen-bond acceptors (Lipinski definition) is 3. The Hall–Kier alpha value is -1.58. The first-order valence-electron chi connectivity index (χ1n) is 6.53. The zero-order valence-electron chi connectivity index (χ0n) is 11.1. The maximum atomic E-state index is 6.37. The largest absolute Gasteiger partial charge is 0.459 e. The molecule has 19 heavy (non-hydrogen) atoms. The zero-order chi connectivity index (χ0) is 13.4. The fraction of sp³-hybridized carbons (Fsp3) is 0.250. The minimum atomic E-state index is -0.169. The molecule has 0 amide bonds. The molecular formula is C16H17NOS. The van der Waals surface area contributed by atoms with Crippen molar-refractivity contribution in [3.63, 3.8) is 0 Å². The van der Waals surface area contributed by atoms with Crippen LogP contribution in [0.3, 0.4) is 0 Å². The topological polar surface area (TPSA) is 39.2 Å². The molecule has 0 saturated carbocycles. The highest BCUT2D eigenvalue weighted by molar-refractivity contribution is 7.12. The van der Waals surface area contributed by atoms with Gasteiger partial charge in [-0.15, -0.1) is 11.3 Å². The number of hydrogen-bond donors (Lipinski definition) is 1. The molecule has 1 unspecified atom stereocenters. The van der Waals surface area contributed by atoms with Gasteiger partial charge in [0.1, 0.15) is 11.3 Å². The lowest BCUT2D eigenvalue weighted by Gasteiger charge is -2.07. The lowest BCUT2D eigenvalue weighted by molar-refractivity contribution is 0.524. The van der Waals surface area contributed by atoms with Gasteiger partial charge in [0.05, 0.1) is 6.04 Å². The van der Waals surface area contributed by atoms with Gasteiger partial charge in [-0.3, -0.25) is 0 Å². The fourth-order valence-corrected chi connectivity index (χ4v) is 3.32. The number of nitrogens with two attached hydrogens (primary N) is 1. The Morgan fingerprint density at radius 1 is 1.21 bits per heavy atom. The van der Waals surface area contributed by atoms with Crippen molar-refractivity contribution < 1.29 is 4.42 Å². The standard InChI is InChI=1S/C16H17NOS/c1-3-11-8-9-14(19-11)15(17)16-10(2)12-6-4-5-7-13(12)18-16/h4-9,15H,3,17H2,1-2H3. The molecule has 0 spiro atoms. The molecular weight excluding hydrogens is 254 g/mol. The number of fused-ring (bicyclic) bond motifs is 1. The maximum Gasteiger partial charge on any atom is 0.134 e. The molecule has 3 rings (SSSR count). The molecule has 0 aliphatic heterocycles. The van der Waals surface area contributed by atoms with Crippen LogP contribution in [0, 0.1) is 6.92 Å². The van der Waals surface area contributed by atoms with Gasteiger partial charge in [-0.1, -0.05) is 25.1 Å². The monoisotopic (exact) mass is 271 g/mol. The smallest absolute Gasteiger partial charge is 0.134 e. The van der Waals surface area contributed by atoms with Crippen LogP contribution in [0.1, 0.15) is 34.0 Å². The second-order valence-corrected chi connectivity index (χ2v) is 5.92. The van der Waals surface area contributed by atoms with E-state index in [1.165, 1.54) is 9.75 Å². The summed E-state index contributed by atoms with van der Waals surface area (Å²) in [5.41, 5.74) is 8.43. The molecule has 0 radical (unpaired) electrons. The summed E-state index contributed by atoms with van der Waals surface area (Å²) in [6.45, 7) is 4.24. The van der Waals surface area contributed by atoms with E-state index in [9.17, 15) is 0 Å². The molecule has 0 aliphatic carbocycles. The highest BCUT2D eigenvalue weighted by Gasteiger charge is 2.19. The van der Waals surface area contributed by atoms with Gasteiger partial charge >= 0.3 is 0 Å². The van der Waals surface area contributed by atoms with E-state index in [0.29, 0.717) is 0 Å². The van der Waals surface area contributed by atoms with E-state index >= 15 is 0 Å². The van der Waals surface area contributed by atoms with Crippen LogP contribution in [-0.4, -0.2) is 0 Å². The van der Waals surface area contributed by atoms with Crippen LogP contribution in [0.5, 0.6) is 0 Å². The second kappa shape index (κ2) is 4.83. The minimum Gasteiger partial charge on any atom is -0.459 e. The summed E-state index contributed by atoms with van der Waals surface area (Å²) in [5, 5.41) is 1.15. The van der Waals surface area contributed by atoms with Gasteiger partial charge < -0.3 is 10.2 Å². The molecule has 0 bridgehead atoms. The van der Waals surface area contributed by atoms with Crippen LogP contribution >= 0.6 is 11.3 Å². The molecule has 2 aromatic heterocycles. The SMILES string of the molecule is CCc1ccc(C(N)c2oc3ccccc3c2C)s1. The van der Waals surface area contributed by atoms with Gasteiger partial charge in [-0.05, 0) is 31.5 Å². The highest BCUT2D eigenvalue weighted by atomic mass is 32.1. The Labute approximate surface area is 116 Å². The van der Waals surface area contributed by atoms with Gasteiger partial charge in [-0.2, -0.15) is 0 Å². The van der Waals surface area contributed by atoms with Gasteiger partial charge in [0, 0.05) is 20.7 Å². The maximum absolute atomic E-state index is 6.37. The Kier molecular flexibility index (Phi) is 3.17. The summed E-state index contributed by atoms with van der Waals surface area (Å²) < 4.78 is 5.94. The Morgan fingerprint density at radius 2 is 2.00 bits per heavy atom. The minimum absolute atomic E-state index is 0.169. The molecule has 0 aliphatic rings. The highest BCUT2D eigenvalue weighted by Crippen LogP contribution is 2.33. The van der Waals surface area contributed by atoms with Crippen molar-refractivity contribution in [2.45, 2.75) is 26.3 Å². The number of furan rings is 1. The third kappa shape index (κ3) is 2.09. The predicted octanol–water partition coefficient (Wildman–Crippen LogP) is 4.41. The molecule has 0 fully saturated rings. The molecule has 2 nitrogen and oxygen atoms in total. The average molecular weight is 271 g/mol. The van der Waals surface area contributed by atoms with Crippen molar-refractivity contribution >= 4 is 22.3 Å². The van der Waals surface area contributed by atoms with Crippen LogP contribution < -0.4 is 5.73 Å². The number of para-hydroxylation sites is 1. The predicted molar refractivity (Wildman–Crippen MR) is 80.7 cm³/mol. The van der Waals surface area contributed by atoms with Gasteiger partial charge in [-0.25, -0.2) is 0 Å². The van der Waals surface area contributed by atoms with Gasteiger partial charge in [0.2, 0.25) is 0 Å². The summed E-state index contributed by atoms with van der Waals surface area (Å²) in [6.07, 6.45) is 1.05.